The molecule has 6 nitrogen and oxygen atoms in total. The zero-order chi connectivity index (χ0) is 20.5. The Kier molecular flexibility index (Phi) is 5.26. The third-order valence-corrected chi connectivity index (χ3v) is 6.28. The molecule has 1 amide bonds. The smallest absolute Gasteiger partial charge is 0.335 e. The predicted molar refractivity (Wildman–Crippen MR) is 110 cm³/mol. The van der Waals surface area contributed by atoms with Crippen LogP contribution in [0.15, 0.2) is 35.1 Å². The molecule has 4 rings (SSSR count). The number of nitrogens with zero attached hydrogens (tertiary/aromatic N) is 2. The third kappa shape index (κ3) is 3.71. The van der Waals surface area contributed by atoms with Crippen LogP contribution in [0.4, 0.5) is 0 Å². The summed E-state index contributed by atoms with van der Waals surface area (Å²) in [6.45, 7) is 1.12. The topological polar surface area (TPSA) is 79.6 Å². The molecule has 0 spiro atoms. The van der Waals surface area contributed by atoms with Crippen LogP contribution in [0, 0.1) is 0 Å². The molecule has 1 aromatic heterocycles. The number of benzene rings is 1. The van der Waals surface area contributed by atoms with Crippen molar-refractivity contribution in [3.8, 4) is 0 Å². The predicted octanol–water partition coefficient (Wildman–Crippen LogP) is 2.98. The summed E-state index contributed by atoms with van der Waals surface area (Å²) in [4.78, 5) is 39.1. The molecule has 1 atom stereocenters. The molecule has 1 saturated heterocycles. The Hall–Kier alpha value is -2.89. The number of aryl methyl sites for hydroxylation is 1. The van der Waals surface area contributed by atoms with Crippen LogP contribution in [-0.2, 0) is 19.9 Å². The minimum atomic E-state index is -0.951. The summed E-state index contributed by atoms with van der Waals surface area (Å²) in [6, 6.07) is 8.75. The number of aromatic carboxylic acids is 1. The van der Waals surface area contributed by atoms with Crippen molar-refractivity contribution in [3.05, 3.63) is 68.6 Å². The highest BCUT2D eigenvalue weighted by atomic mass is 16.4. The molecule has 0 bridgehead atoms. The van der Waals surface area contributed by atoms with E-state index in [1.54, 1.807) is 34.7 Å². The highest BCUT2D eigenvalue weighted by Gasteiger charge is 2.28. The molecule has 2 aliphatic rings. The molecule has 1 fully saturated rings. The lowest BCUT2D eigenvalue weighted by atomic mass is 9.89. The molecule has 2 heterocycles. The van der Waals surface area contributed by atoms with E-state index in [0.717, 1.165) is 55.3 Å². The van der Waals surface area contributed by atoms with Gasteiger partial charge in [0, 0.05) is 31.7 Å². The van der Waals surface area contributed by atoms with Crippen molar-refractivity contribution < 1.29 is 14.7 Å². The molecule has 0 saturated carbocycles. The van der Waals surface area contributed by atoms with Gasteiger partial charge in [-0.15, -0.1) is 0 Å². The van der Waals surface area contributed by atoms with Crippen molar-refractivity contribution in [3.63, 3.8) is 0 Å². The molecular formula is C23H26N2O4. The third-order valence-electron chi connectivity index (χ3n) is 6.28. The summed E-state index contributed by atoms with van der Waals surface area (Å²) in [5, 5.41) is 9.25. The second kappa shape index (κ2) is 7.85. The maximum absolute atomic E-state index is 13.2. The van der Waals surface area contributed by atoms with Crippen molar-refractivity contribution in [2.24, 2.45) is 7.05 Å². The Bertz CT molecular complexity index is 1020. The van der Waals surface area contributed by atoms with Crippen molar-refractivity contribution >= 4 is 11.9 Å². The number of pyridine rings is 1. The molecule has 6 heteroatoms. The lowest BCUT2D eigenvalue weighted by Crippen LogP contribution is -2.42. The van der Waals surface area contributed by atoms with Crippen LogP contribution in [0.1, 0.15) is 69.1 Å². The highest BCUT2D eigenvalue weighted by Crippen LogP contribution is 2.28. The zero-order valence-electron chi connectivity index (χ0n) is 16.7. The van der Waals surface area contributed by atoms with E-state index in [9.17, 15) is 19.5 Å². The minimum absolute atomic E-state index is 0.0773. The summed E-state index contributed by atoms with van der Waals surface area (Å²) in [5.74, 6) is -1.08. The molecular weight excluding hydrogens is 368 g/mol. The number of carboxylic acid groups (broad SMARTS) is 1. The Labute approximate surface area is 169 Å². The first kappa shape index (κ1) is 19.4. The standard InChI is InChI=1S/C23H26N2O4/c1-24-20-10-3-2-6-16(20)13-19(21(24)26)22(27)25-11-5-9-18(14-25)15-7-4-8-17(12-15)23(28)29/h4,7-8,12-13,18H,2-3,5-6,9-11,14H2,1H3,(H,28,29). The summed E-state index contributed by atoms with van der Waals surface area (Å²) >= 11 is 0. The van der Waals surface area contributed by atoms with E-state index in [1.165, 1.54) is 0 Å². The molecule has 1 N–H and O–H groups in total. The van der Waals surface area contributed by atoms with Crippen molar-refractivity contribution in [1.82, 2.24) is 9.47 Å². The fraction of sp³-hybridized carbons (Fsp3) is 0.435. The Morgan fingerprint density at radius 1 is 1.10 bits per heavy atom. The molecule has 29 heavy (non-hydrogen) atoms. The fourth-order valence-electron chi connectivity index (χ4n) is 4.67. The van der Waals surface area contributed by atoms with E-state index in [4.69, 9.17) is 0 Å². The number of hydrogen-bond donors (Lipinski definition) is 1. The molecule has 0 radical (unpaired) electrons. The van der Waals surface area contributed by atoms with Gasteiger partial charge in [-0.3, -0.25) is 9.59 Å². The monoisotopic (exact) mass is 394 g/mol. The van der Waals surface area contributed by atoms with Crippen LogP contribution in [0.2, 0.25) is 0 Å². The van der Waals surface area contributed by atoms with E-state index in [-0.39, 0.29) is 28.5 Å². The van der Waals surface area contributed by atoms with Crippen molar-refractivity contribution in [2.45, 2.75) is 44.4 Å². The Balaban J connectivity index is 1.60. The number of fused-ring (bicyclic) bond motifs is 1. The average molecular weight is 394 g/mol. The Morgan fingerprint density at radius 3 is 2.69 bits per heavy atom. The van der Waals surface area contributed by atoms with Gasteiger partial charge >= 0.3 is 5.97 Å². The van der Waals surface area contributed by atoms with E-state index in [1.807, 2.05) is 12.1 Å². The van der Waals surface area contributed by atoms with E-state index in [2.05, 4.69) is 0 Å². The maximum atomic E-state index is 13.2. The van der Waals surface area contributed by atoms with Gasteiger partial charge in [0.1, 0.15) is 5.56 Å². The summed E-state index contributed by atoms with van der Waals surface area (Å²) in [5.41, 5.74) is 3.40. The second-order valence-corrected chi connectivity index (χ2v) is 8.12. The van der Waals surface area contributed by atoms with Gasteiger partial charge in [-0.1, -0.05) is 12.1 Å². The first-order valence-corrected chi connectivity index (χ1v) is 10.3. The summed E-state index contributed by atoms with van der Waals surface area (Å²) < 4.78 is 1.65. The van der Waals surface area contributed by atoms with Crippen LogP contribution in [0.5, 0.6) is 0 Å². The number of carboxylic acids is 1. The van der Waals surface area contributed by atoms with Gasteiger partial charge in [0.15, 0.2) is 0 Å². The number of likely N-dealkylation sites (tertiary alicyclic amines) is 1. The molecule has 152 valence electrons. The lowest BCUT2D eigenvalue weighted by molar-refractivity contribution is 0.0687. The number of hydrogen-bond acceptors (Lipinski definition) is 3. The van der Waals surface area contributed by atoms with Gasteiger partial charge in [-0.25, -0.2) is 4.79 Å². The first-order chi connectivity index (χ1) is 14.0. The normalized spacial score (nSPS) is 18.9. The average Bonchev–Trinajstić information content (AvgIpc) is 2.76. The zero-order valence-corrected chi connectivity index (χ0v) is 16.7. The van der Waals surface area contributed by atoms with Gasteiger partial charge < -0.3 is 14.6 Å². The summed E-state index contributed by atoms with van der Waals surface area (Å²) in [6.07, 6.45) is 5.70. The number of rotatable bonds is 3. The minimum Gasteiger partial charge on any atom is -0.478 e. The summed E-state index contributed by atoms with van der Waals surface area (Å²) in [7, 11) is 1.76. The number of aromatic nitrogens is 1. The largest absolute Gasteiger partial charge is 0.478 e. The second-order valence-electron chi connectivity index (χ2n) is 8.12. The van der Waals surface area contributed by atoms with Gasteiger partial charge in [0.05, 0.1) is 5.56 Å². The van der Waals surface area contributed by atoms with Crippen molar-refractivity contribution in [1.29, 1.82) is 0 Å². The van der Waals surface area contributed by atoms with Crippen LogP contribution in [0.3, 0.4) is 0 Å². The van der Waals surface area contributed by atoms with Gasteiger partial charge in [-0.05, 0) is 67.9 Å². The van der Waals surface area contributed by atoms with E-state index >= 15 is 0 Å². The SMILES string of the molecule is Cn1c2c(cc(C(=O)N3CCCC(c4cccc(C(=O)O)c4)C3)c1=O)CCCC2. The number of carbonyl (C=O) groups excluding carboxylic acids is 1. The molecule has 1 unspecified atom stereocenters. The molecule has 1 aromatic carbocycles. The molecule has 2 aromatic rings. The van der Waals surface area contributed by atoms with Crippen LogP contribution < -0.4 is 5.56 Å². The van der Waals surface area contributed by atoms with Crippen LogP contribution in [-0.4, -0.2) is 39.5 Å². The van der Waals surface area contributed by atoms with Crippen LogP contribution in [0.25, 0.3) is 0 Å². The van der Waals surface area contributed by atoms with Crippen molar-refractivity contribution in [2.75, 3.05) is 13.1 Å². The maximum Gasteiger partial charge on any atom is 0.335 e. The molecule has 1 aliphatic carbocycles. The van der Waals surface area contributed by atoms with Crippen LogP contribution >= 0.6 is 0 Å². The van der Waals surface area contributed by atoms with Gasteiger partial charge in [0.2, 0.25) is 0 Å². The lowest BCUT2D eigenvalue weighted by Gasteiger charge is -2.33. The van der Waals surface area contributed by atoms with Gasteiger partial charge in [0.25, 0.3) is 11.5 Å². The van der Waals surface area contributed by atoms with E-state index in [0.29, 0.717) is 13.1 Å². The molecule has 1 aliphatic heterocycles. The quantitative estimate of drug-likeness (QED) is 0.868. The van der Waals surface area contributed by atoms with Gasteiger partial charge in [-0.2, -0.15) is 0 Å². The Morgan fingerprint density at radius 2 is 1.90 bits per heavy atom. The van der Waals surface area contributed by atoms with E-state index < -0.39 is 5.97 Å². The number of piperidine rings is 1. The highest BCUT2D eigenvalue weighted by molar-refractivity contribution is 5.94. The number of amides is 1. The first-order valence-electron chi connectivity index (χ1n) is 10.3. The number of carbonyl (C=O) groups is 2. The fourth-order valence-corrected chi connectivity index (χ4v) is 4.67.